The lowest BCUT2D eigenvalue weighted by Crippen LogP contribution is -2.38. The van der Waals surface area contributed by atoms with Crippen molar-refractivity contribution in [3.05, 3.63) is 48.5 Å². The number of amides is 1. The molecule has 3 rings (SSSR count). The Balaban J connectivity index is 1.89. The third kappa shape index (κ3) is 3.12. The molecule has 0 atom stereocenters. The Labute approximate surface area is 151 Å². The molecule has 0 spiro atoms. The lowest BCUT2D eigenvalue weighted by atomic mass is 10.4. The monoisotopic (exact) mass is 381 g/mol. The maximum absolute atomic E-state index is 12.5. The minimum atomic E-state index is -0.476. The molecule has 0 aliphatic rings. The minimum absolute atomic E-state index is 0.0421. The van der Waals surface area contributed by atoms with Crippen molar-refractivity contribution in [1.82, 2.24) is 23.6 Å². The van der Waals surface area contributed by atoms with Crippen molar-refractivity contribution in [3.63, 3.8) is 0 Å². The highest BCUT2D eigenvalue weighted by Gasteiger charge is 2.18. The number of halogens is 1. The number of hydrogen-bond acceptors (Lipinski definition) is 5. The Morgan fingerprint density at radius 1 is 1.28 bits per heavy atom. The van der Waals surface area contributed by atoms with Crippen molar-refractivity contribution in [2.24, 2.45) is 14.1 Å². The predicted molar refractivity (Wildman–Crippen MR) is 96.0 cm³/mol. The molecule has 0 N–H and O–H groups in total. The topological polar surface area (TPSA) is 82.1 Å². The molecule has 0 saturated heterocycles. The number of hydrogen-bond donors (Lipinski definition) is 0. The molecule has 0 bridgehead atoms. The molecule has 0 aliphatic heterocycles. The molecule has 3 heterocycles. The van der Waals surface area contributed by atoms with E-state index in [2.05, 4.69) is 4.98 Å². The molecule has 0 aliphatic carbocycles. The summed E-state index contributed by atoms with van der Waals surface area (Å²) in [4.78, 5) is 43.4. The second-order valence-corrected chi connectivity index (χ2v) is 7.51. The van der Waals surface area contributed by atoms with E-state index in [0.717, 1.165) is 9.44 Å². The molecular weight excluding hydrogens is 366 g/mol. The van der Waals surface area contributed by atoms with Gasteiger partial charge >= 0.3 is 5.69 Å². The first-order chi connectivity index (χ1) is 11.8. The van der Waals surface area contributed by atoms with Crippen LogP contribution in [0.3, 0.4) is 0 Å². The molecule has 0 fully saturated rings. The van der Waals surface area contributed by atoms with Crippen LogP contribution in [-0.2, 0) is 32.0 Å². The predicted octanol–water partition coefficient (Wildman–Crippen LogP) is 0.807. The molecule has 0 radical (unpaired) electrons. The minimum Gasteiger partial charge on any atom is -0.339 e. The van der Waals surface area contributed by atoms with Gasteiger partial charge in [0.1, 0.15) is 6.54 Å². The maximum Gasteiger partial charge on any atom is 0.332 e. The summed E-state index contributed by atoms with van der Waals surface area (Å²) < 4.78 is 4.43. The third-order valence-electron chi connectivity index (χ3n) is 3.97. The van der Waals surface area contributed by atoms with Gasteiger partial charge in [0, 0.05) is 26.0 Å². The summed E-state index contributed by atoms with van der Waals surface area (Å²) in [5.74, 6) is -0.181. The van der Waals surface area contributed by atoms with E-state index in [-0.39, 0.29) is 23.6 Å². The van der Waals surface area contributed by atoms with Gasteiger partial charge in [-0.25, -0.2) is 9.78 Å². The van der Waals surface area contributed by atoms with Crippen molar-refractivity contribution in [1.29, 1.82) is 0 Å². The van der Waals surface area contributed by atoms with E-state index in [1.807, 2.05) is 6.07 Å². The van der Waals surface area contributed by atoms with Gasteiger partial charge in [-0.2, -0.15) is 0 Å². The van der Waals surface area contributed by atoms with Crippen LogP contribution >= 0.6 is 22.9 Å². The van der Waals surface area contributed by atoms with Crippen LogP contribution in [-0.4, -0.2) is 36.5 Å². The number of thiophene rings is 1. The summed E-state index contributed by atoms with van der Waals surface area (Å²) in [6, 6.07) is 3.66. The number of nitrogens with zero attached hydrogens (tertiary/aromatic N) is 5. The summed E-state index contributed by atoms with van der Waals surface area (Å²) in [6.07, 6.45) is 1.40. The highest BCUT2D eigenvalue weighted by molar-refractivity contribution is 7.16. The zero-order valence-electron chi connectivity index (χ0n) is 13.9. The highest BCUT2D eigenvalue weighted by atomic mass is 35.5. The second-order valence-electron chi connectivity index (χ2n) is 5.71. The van der Waals surface area contributed by atoms with Crippen LogP contribution in [0.25, 0.3) is 11.2 Å². The molecule has 10 heteroatoms. The fourth-order valence-electron chi connectivity index (χ4n) is 2.54. The van der Waals surface area contributed by atoms with Gasteiger partial charge in [-0.3, -0.25) is 18.7 Å². The van der Waals surface area contributed by atoms with Gasteiger partial charge in [0.25, 0.3) is 5.56 Å². The number of imidazole rings is 1. The number of likely N-dealkylation sites (N-methyl/N-ethyl adjacent to an activating group) is 1. The summed E-state index contributed by atoms with van der Waals surface area (Å²) >= 11 is 7.31. The van der Waals surface area contributed by atoms with E-state index in [0.29, 0.717) is 10.9 Å². The van der Waals surface area contributed by atoms with E-state index in [9.17, 15) is 14.4 Å². The normalized spacial score (nSPS) is 11.2. The van der Waals surface area contributed by atoms with Crippen LogP contribution < -0.4 is 11.2 Å². The Bertz CT molecular complexity index is 1080. The molecule has 1 amide bonds. The quantitative estimate of drug-likeness (QED) is 0.669. The van der Waals surface area contributed by atoms with Crippen LogP contribution in [0.5, 0.6) is 0 Å². The van der Waals surface area contributed by atoms with Gasteiger partial charge in [-0.15, -0.1) is 11.3 Å². The van der Waals surface area contributed by atoms with Gasteiger partial charge in [-0.05, 0) is 12.1 Å². The van der Waals surface area contributed by atoms with Crippen LogP contribution in [0.2, 0.25) is 4.34 Å². The first-order valence-corrected chi connectivity index (χ1v) is 8.58. The maximum atomic E-state index is 12.5. The Morgan fingerprint density at radius 2 is 2.00 bits per heavy atom. The number of carbonyl (C=O) groups is 1. The zero-order valence-corrected chi connectivity index (χ0v) is 15.5. The fourth-order valence-corrected chi connectivity index (χ4v) is 3.68. The molecule has 3 aromatic rings. The second kappa shape index (κ2) is 6.49. The van der Waals surface area contributed by atoms with E-state index in [1.54, 1.807) is 18.0 Å². The van der Waals surface area contributed by atoms with Crippen LogP contribution in [0.1, 0.15) is 4.88 Å². The summed E-state index contributed by atoms with van der Waals surface area (Å²) in [5.41, 5.74) is -0.448. The van der Waals surface area contributed by atoms with Gasteiger partial charge < -0.3 is 9.47 Å². The number of rotatable bonds is 4. The molecule has 3 aromatic heterocycles. The van der Waals surface area contributed by atoms with Gasteiger partial charge in [0.05, 0.1) is 17.2 Å². The smallest absolute Gasteiger partial charge is 0.332 e. The van der Waals surface area contributed by atoms with Crippen molar-refractivity contribution >= 4 is 40.0 Å². The number of aromatic nitrogens is 4. The van der Waals surface area contributed by atoms with Gasteiger partial charge in [-0.1, -0.05) is 11.6 Å². The standard InChI is InChI=1S/C15H16ClN5O3S/c1-18(6-9-4-5-10(16)25-9)11(22)7-21-8-17-13-12(21)14(23)20(3)15(24)19(13)2/h4-5,8H,6-7H2,1-3H3. The Kier molecular flexibility index (Phi) is 4.53. The molecule has 0 saturated carbocycles. The summed E-state index contributed by atoms with van der Waals surface area (Å²) in [7, 11) is 4.62. The largest absolute Gasteiger partial charge is 0.339 e. The van der Waals surface area contributed by atoms with E-state index >= 15 is 0 Å². The molecule has 132 valence electrons. The van der Waals surface area contributed by atoms with E-state index in [1.165, 1.54) is 40.9 Å². The molecular formula is C15H16ClN5O3S. The summed E-state index contributed by atoms with van der Waals surface area (Å²) in [6.45, 7) is 0.388. The third-order valence-corrected chi connectivity index (χ3v) is 5.19. The van der Waals surface area contributed by atoms with Crippen LogP contribution in [0.4, 0.5) is 0 Å². The van der Waals surface area contributed by atoms with Crippen molar-refractivity contribution in [2.75, 3.05) is 7.05 Å². The SMILES string of the molecule is CN(Cc1ccc(Cl)s1)C(=O)Cn1cnc2c1c(=O)n(C)c(=O)n2C. The van der Waals surface area contributed by atoms with E-state index < -0.39 is 11.2 Å². The molecule has 0 aromatic carbocycles. The molecule has 25 heavy (non-hydrogen) atoms. The highest BCUT2D eigenvalue weighted by Crippen LogP contribution is 2.22. The number of fused-ring (bicyclic) bond motifs is 1. The Hall–Kier alpha value is -2.39. The first kappa shape index (κ1) is 17.4. The van der Waals surface area contributed by atoms with Gasteiger partial charge in [0.2, 0.25) is 5.91 Å². The lowest BCUT2D eigenvalue weighted by molar-refractivity contribution is -0.130. The summed E-state index contributed by atoms with van der Waals surface area (Å²) in [5, 5.41) is 0. The lowest BCUT2D eigenvalue weighted by Gasteiger charge is -2.16. The number of carbonyl (C=O) groups excluding carboxylic acids is 1. The van der Waals surface area contributed by atoms with Gasteiger partial charge in [0.15, 0.2) is 11.2 Å². The van der Waals surface area contributed by atoms with Crippen molar-refractivity contribution < 1.29 is 4.79 Å². The average molecular weight is 382 g/mol. The van der Waals surface area contributed by atoms with Crippen LogP contribution in [0.15, 0.2) is 28.0 Å². The molecule has 8 nitrogen and oxygen atoms in total. The molecule has 0 unspecified atom stereocenters. The zero-order chi connectivity index (χ0) is 18.3. The Morgan fingerprint density at radius 3 is 2.64 bits per heavy atom. The fraction of sp³-hybridized carbons (Fsp3) is 0.333. The average Bonchev–Trinajstić information content (AvgIpc) is 3.17. The first-order valence-electron chi connectivity index (χ1n) is 7.38. The van der Waals surface area contributed by atoms with E-state index in [4.69, 9.17) is 11.6 Å². The van der Waals surface area contributed by atoms with Crippen molar-refractivity contribution in [3.8, 4) is 0 Å². The van der Waals surface area contributed by atoms with Crippen LogP contribution in [0, 0.1) is 0 Å². The number of aryl methyl sites for hydroxylation is 1. The van der Waals surface area contributed by atoms with Crippen molar-refractivity contribution in [2.45, 2.75) is 13.1 Å².